The van der Waals surface area contributed by atoms with Gasteiger partial charge in [-0.15, -0.1) is 10.2 Å². The first-order valence-corrected chi connectivity index (χ1v) is 11.9. The van der Waals surface area contributed by atoms with Crippen molar-refractivity contribution in [2.24, 2.45) is 0 Å². The fourth-order valence-electron chi connectivity index (χ4n) is 3.75. The molecule has 0 bridgehead atoms. The molecule has 0 aliphatic carbocycles. The Labute approximate surface area is 193 Å². The average molecular weight is 452 g/mol. The smallest absolute Gasteiger partial charge is 0.233 e. The van der Waals surface area contributed by atoms with Crippen LogP contribution in [-0.2, 0) is 4.79 Å². The summed E-state index contributed by atoms with van der Waals surface area (Å²) >= 11 is 1.45. The highest BCUT2D eigenvalue weighted by Crippen LogP contribution is 2.23. The zero-order valence-electron chi connectivity index (χ0n) is 18.6. The predicted octanol–water partition coefficient (Wildman–Crippen LogP) is 3.20. The second-order valence-electron chi connectivity index (χ2n) is 7.88. The summed E-state index contributed by atoms with van der Waals surface area (Å²) < 4.78 is 7.80. The molecule has 1 aliphatic heterocycles. The van der Waals surface area contributed by atoms with E-state index in [-0.39, 0.29) is 5.91 Å². The van der Waals surface area contributed by atoms with E-state index in [0.717, 1.165) is 55.1 Å². The van der Waals surface area contributed by atoms with Crippen molar-refractivity contribution in [1.29, 1.82) is 0 Å². The number of carbonyl (C=O) groups excluding carboxylic acids is 1. The number of benzene rings is 2. The quantitative estimate of drug-likeness (QED) is 0.490. The largest absolute Gasteiger partial charge is 0.492 e. The normalized spacial score (nSPS) is 14.5. The molecule has 0 saturated carbocycles. The molecule has 0 atom stereocenters. The Bertz CT molecular complexity index is 1030. The zero-order chi connectivity index (χ0) is 22.3. The number of para-hydroxylation sites is 1. The van der Waals surface area contributed by atoms with Gasteiger partial charge in [0.05, 0.1) is 5.75 Å². The number of rotatable bonds is 8. The van der Waals surface area contributed by atoms with E-state index in [2.05, 4.69) is 34.2 Å². The van der Waals surface area contributed by atoms with E-state index in [9.17, 15) is 4.79 Å². The highest BCUT2D eigenvalue weighted by Gasteiger charge is 2.22. The van der Waals surface area contributed by atoms with Crippen LogP contribution in [0.3, 0.4) is 0 Å². The zero-order valence-corrected chi connectivity index (χ0v) is 19.4. The lowest BCUT2D eigenvalue weighted by atomic mass is 10.2. The molecule has 0 radical (unpaired) electrons. The second kappa shape index (κ2) is 10.7. The number of ether oxygens (including phenoxy) is 1. The molecule has 8 heteroatoms. The van der Waals surface area contributed by atoms with Gasteiger partial charge in [0, 0.05) is 38.4 Å². The first-order chi connectivity index (χ1) is 15.6. The molecule has 2 aromatic carbocycles. The maximum atomic E-state index is 12.8. The number of nitrogens with zero attached hydrogens (tertiary/aromatic N) is 5. The topological polar surface area (TPSA) is 63.5 Å². The van der Waals surface area contributed by atoms with Crippen LogP contribution >= 0.6 is 11.8 Å². The molecule has 7 nitrogen and oxygen atoms in total. The Morgan fingerprint density at radius 1 is 1.00 bits per heavy atom. The van der Waals surface area contributed by atoms with Crippen LogP contribution in [0.25, 0.3) is 5.69 Å². The fourth-order valence-corrected chi connectivity index (χ4v) is 4.65. The standard InChI is InChI=1S/C24H29N5O2S/c1-19-7-6-8-21(17-19)29-20(2)25-26-24(29)32-18-23(30)28-13-11-27(12-14-28)15-16-31-22-9-4-3-5-10-22/h3-10,17H,11-16,18H2,1-2H3. The molecule has 1 fully saturated rings. The van der Waals surface area contributed by atoms with Gasteiger partial charge in [0.1, 0.15) is 18.2 Å². The van der Waals surface area contributed by atoms with E-state index in [4.69, 9.17) is 4.74 Å². The molecular weight excluding hydrogens is 422 g/mol. The predicted molar refractivity (Wildman–Crippen MR) is 127 cm³/mol. The number of thioether (sulfide) groups is 1. The maximum absolute atomic E-state index is 12.8. The van der Waals surface area contributed by atoms with Crippen LogP contribution in [0.5, 0.6) is 5.75 Å². The van der Waals surface area contributed by atoms with Crippen LogP contribution in [0, 0.1) is 13.8 Å². The Hall–Kier alpha value is -2.84. The van der Waals surface area contributed by atoms with Crippen molar-refractivity contribution in [3.8, 4) is 11.4 Å². The number of carbonyl (C=O) groups is 1. The molecule has 1 saturated heterocycles. The van der Waals surface area contributed by atoms with Crippen molar-refractivity contribution in [3.05, 3.63) is 66.0 Å². The fraction of sp³-hybridized carbons (Fsp3) is 0.375. The molecule has 32 heavy (non-hydrogen) atoms. The lowest BCUT2D eigenvalue weighted by molar-refractivity contribution is -0.130. The minimum absolute atomic E-state index is 0.145. The highest BCUT2D eigenvalue weighted by atomic mass is 32.2. The van der Waals surface area contributed by atoms with Gasteiger partial charge in [0.2, 0.25) is 5.91 Å². The van der Waals surface area contributed by atoms with E-state index >= 15 is 0 Å². The first kappa shape index (κ1) is 22.4. The lowest BCUT2D eigenvalue weighted by Gasteiger charge is -2.34. The number of piperazine rings is 1. The molecule has 1 amide bonds. The third-order valence-electron chi connectivity index (χ3n) is 5.52. The van der Waals surface area contributed by atoms with Crippen LogP contribution in [0.15, 0.2) is 59.8 Å². The minimum atomic E-state index is 0.145. The first-order valence-electron chi connectivity index (χ1n) is 10.9. The molecule has 4 rings (SSSR count). The van der Waals surface area contributed by atoms with Gasteiger partial charge in [-0.1, -0.05) is 42.1 Å². The molecule has 0 N–H and O–H groups in total. The van der Waals surface area contributed by atoms with E-state index in [1.807, 2.05) is 58.9 Å². The van der Waals surface area contributed by atoms with Crippen LogP contribution in [0.4, 0.5) is 0 Å². The van der Waals surface area contributed by atoms with Crippen LogP contribution in [-0.4, -0.2) is 75.6 Å². The van der Waals surface area contributed by atoms with Crippen molar-refractivity contribution in [2.75, 3.05) is 45.1 Å². The average Bonchev–Trinajstić information content (AvgIpc) is 3.19. The molecule has 0 spiro atoms. The van der Waals surface area contributed by atoms with Crippen LogP contribution in [0.1, 0.15) is 11.4 Å². The SMILES string of the molecule is Cc1cccc(-n2c(C)nnc2SCC(=O)N2CCN(CCOc3ccccc3)CC2)c1. The van der Waals surface area contributed by atoms with E-state index < -0.39 is 0 Å². The number of hydrogen-bond donors (Lipinski definition) is 0. The van der Waals surface area contributed by atoms with Gasteiger partial charge in [-0.3, -0.25) is 14.3 Å². The van der Waals surface area contributed by atoms with Crippen molar-refractivity contribution in [1.82, 2.24) is 24.6 Å². The number of amides is 1. The monoisotopic (exact) mass is 451 g/mol. The summed E-state index contributed by atoms with van der Waals surface area (Å²) in [5, 5.41) is 9.26. The van der Waals surface area contributed by atoms with E-state index in [1.54, 1.807) is 0 Å². The Morgan fingerprint density at radius 2 is 1.78 bits per heavy atom. The van der Waals surface area contributed by atoms with Gasteiger partial charge >= 0.3 is 0 Å². The summed E-state index contributed by atoms with van der Waals surface area (Å²) in [6, 6.07) is 18.1. The number of hydrogen-bond acceptors (Lipinski definition) is 6. The molecule has 1 aliphatic rings. The van der Waals surface area contributed by atoms with E-state index in [0.29, 0.717) is 12.4 Å². The van der Waals surface area contributed by atoms with Crippen LogP contribution < -0.4 is 4.74 Å². The van der Waals surface area contributed by atoms with Gasteiger partial charge < -0.3 is 9.64 Å². The molecule has 3 aromatic rings. The summed E-state index contributed by atoms with van der Waals surface area (Å²) in [7, 11) is 0. The van der Waals surface area contributed by atoms with Crippen molar-refractivity contribution < 1.29 is 9.53 Å². The number of aryl methyl sites for hydroxylation is 2. The molecule has 1 aromatic heterocycles. The van der Waals surface area contributed by atoms with Crippen molar-refractivity contribution in [3.63, 3.8) is 0 Å². The van der Waals surface area contributed by atoms with Gasteiger partial charge in [0.15, 0.2) is 5.16 Å². The second-order valence-corrected chi connectivity index (χ2v) is 8.82. The Morgan fingerprint density at radius 3 is 2.53 bits per heavy atom. The van der Waals surface area contributed by atoms with Gasteiger partial charge in [0.25, 0.3) is 0 Å². The van der Waals surface area contributed by atoms with Gasteiger partial charge in [-0.25, -0.2) is 0 Å². The summed E-state index contributed by atoms with van der Waals surface area (Å²) in [6.45, 7) is 8.74. The van der Waals surface area contributed by atoms with E-state index in [1.165, 1.54) is 17.3 Å². The third-order valence-corrected chi connectivity index (χ3v) is 6.44. The maximum Gasteiger partial charge on any atom is 0.233 e. The molecular formula is C24H29N5O2S. The number of aromatic nitrogens is 3. The molecule has 168 valence electrons. The summed E-state index contributed by atoms with van der Waals surface area (Å²) in [4.78, 5) is 17.1. The Balaban J connectivity index is 1.24. The minimum Gasteiger partial charge on any atom is -0.492 e. The molecule has 2 heterocycles. The van der Waals surface area contributed by atoms with Crippen LogP contribution in [0.2, 0.25) is 0 Å². The van der Waals surface area contributed by atoms with Crippen molar-refractivity contribution >= 4 is 17.7 Å². The lowest BCUT2D eigenvalue weighted by Crippen LogP contribution is -2.50. The molecule has 0 unspecified atom stereocenters. The van der Waals surface area contributed by atoms with Gasteiger partial charge in [-0.2, -0.15) is 0 Å². The van der Waals surface area contributed by atoms with Crippen molar-refractivity contribution in [2.45, 2.75) is 19.0 Å². The highest BCUT2D eigenvalue weighted by molar-refractivity contribution is 7.99. The summed E-state index contributed by atoms with van der Waals surface area (Å²) in [6.07, 6.45) is 0. The summed E-state index contributed by atoms with van der Waals surface area (Å²) in [5.74, 6) is 2.22. The summed E-state index contributed by atoms with van der Waals surface area (Å²) in [5.41, 5.74) is 2.20. The third kappa shape index (κ3) is 5.69. The Kier molecular flexibility index (Phi) is 7.44. The van der Waals surface area contributed by atoms with Gasteiger partial charge in [-0.05, 0) is 43.7 Å².